The van der Waals surface area contributed by atoms with E-state index >= 15 is 0 Å². The van der Waals surface area contributed by atoms with E-state index in [0.29, 0.717) is 0 Å². The number of fused-ring (bicyclic) bond motifs is 2. The van der Waals surface area contributed by atoms with Crippen LogP contribution in [-0.2, 0) is 4.43 Å². The molecule has 0 aromatic rings. The zero-order chi connectivity index (χ0) is 10.2. The lowest BCUT2D eigenvalue weighted by Crippen LogP contribution is -2.35. The van der Waals surface area contributed by atoms with Crippen molar-refractivity contribution in [1.29, 1.82) is 0 Å². The Balaban J connectivity index is 2.13. The van der Waals surface area contributed by atoms with Crippen LogP contribution in [0.3, 0.4) is 0 Å². The first-order valence-electron chi connectivity index (χ1n) is 5.32. The summed E-state index contributed by atoms with van der Waals surface area (Å²) in [6.07, 6.45) is 6.09. The van der Waals surface area contributed by atoms with Gasteiger partial charge in [0.25, 0.3) is 0 Å². The van der Waals surface area contributed by atoms with Crippen molar-refractivity contribution in [1.82, 2.24) is 0 Å². The van der Waals surface area contributed by atoms with E-state index in [2.05, 4.69) is 26.2 Å². The molecule has 0 spiro atoms. The van der Waals surface area contributed by atoms with Gasteiger partial charge in [-0.1, -0.05) is 17.5 Å². The number of hydrogen-bond acceptors (Lipinski definition) is 1. The molecule has 2 aliphatic rings. The highest BCUT2D eigenvalue weighted by Gasteiger charge is 2.46. The quantitative estimate of drug-likeness (QED) is 0.507. The van der Waals surface area contributed by atoms with Crippen molar-refractivity contribution in [2.75, 3.05) is 0 Å². The third kappa shape index (κ3) is 1.43. The smallest absolute Gasteiger partial charge is 0.225 e. The zero-order valence-electron chi connectivity index (χ0n) is 8.83. The summed E-state index contributed by atoms with van der Waals surface area (Å²) in [5.41, 5.74) is 5.43. The minimum absolute atomic E-state index is 0.0733. The molecule has 1 nitrogen and oxygen atoms in total. The molecule has 1 fully saturated rings. The van der Waals surface area contributed by atoms with Gasteiger partial charge < -0.3 is 4.43 Å². The van der Waals surface area contributed by atoms with Crippen LogP contribution >= 0.6 is 0 Å². The summed E-state index contributed by atoms with van der Waals surface area (Å²) in [5.74, 6) is 0.777. The molecule has 0 saturated heterocycles. The lowest BCUT2D eigenvalue weighted by molar-refractivity contribution is 0.123. The Labute approximate surface area is 87.9 Å². The average Bonchev–Trinajstić information content (AvgIpc) is 2.71. The first-order valence-corrected chi connectivity index (χ1v) is 7.12. The lowest BCUT2D eigenvalue weighted by Gasteiger charge is -2.31. The molecule has 2 bridgehead atoms. The van der Waals surface area contributed by atoms with Crippen molar-refractivity contribution in [2.45, 2.75) is 31.8 Å². The lowest BCUT2D eigenvalue weighted by atomic mass is 9.95. The standard InChI is InChI=1S/C12H18OSi/c1-4-14(5-2)13-12-7-6-11(9-12)8-10(12)3/h4-5,8,11,14H,1-2,6-7,9H2,3H3. The second kappa shape index (κ2) is 3.52. The molecule has 0 amide bonds. The van der Waals surface area contributed by atoms with E-state index in [9.17, 15) is 0 Å². The molecule has 0 aliphatic heterocycles. The van der Waals surface area contributed by atoms with Gasteiger partial charge in [-0.25, -0.2) is 0 Å². The first-order chi connectivity index (χ1) is 6.70. The molecule has 2 unspecified atom stereocenters. The van der Waals surface area contributed by atoms with Gasteiger partial charge in [0.2, 0.25) is 9.04 Å². The largest absolute Gasteiger partial charge is 0.403 e. The second-order valence-corrected chi connectivity index (χ2v) is 6.51. The van der Waals surface area contributed by atoms with Gasteiger partial charge in [0.05, 0.1) is 5.60 Å². The number of allylic oxidation sites excluding steroid dienone is 1. The monoisotopic (exact) mass is 206 g/mol. The Morgan fingerprint density at radius 3 is 2.71 bits per heavy atom. The molecule has 2 rings (SSSR count). The van der Waals surface area contributed by atoms with E-state index in [4.69, 9.17) is 4.43 Å². The van der Waals surface area contributed by atoms with E-state index in [1.807, 2.05) is 11.4 Å². The Kier molecular flexibility index (Phi) is 2.50. The molecule has 2 aliphatic carbocycles. The predicted octanol–water partition coefficient (Wildman–Crippen LogP) is 2.68. The van der Waals surface area contributed by atoms with E-state index < -0.39 is 9.04 Å². The summed E-state index contributed by atoms with van der Waals surface area (Å²) in [6, 6.07) is 0. The van der Waals surface area contributed by atoms with E-state index in [0.717, 1.165) is 5.92 Å². The van der Waals surface area contributed by atoms with Crippen molar-refractivity contribution in [3.05, 3.63) is 36.2 Å². The Morgan fingerprint density at radius 1 is 1.57 bits per heavy atom. The molecular weight excluding hydrogens is 188 g/mol. The molecule has 2 heteroatoms. The van der Waals surface area contributed by atoms with Gasteiger partial charge in [0, 0.05) is 0 Å². The average molecular weight is 206 g/mol. The van der Waals surface area contributed by atoms with Crippen LogP contribution in [0, 0.1) is 5.92 Å². The first kappa shape index (κ1) is 9.93. The SMILES string of the molecule is C=C[SiH](C=C)OC12CCC(C=C1C)C2. The highest BCUT2D eigenvalue weighted by Crippen LogP contribution is 2.49. The van der Waals surface area contributed by atoms with Crippen LogP contribution in [0.4, 0.5) is 0 Å². The van der Waals surface area contributed by atoms with E-state index in [1.165, 1.54) is 24.8 Å². The number of rotatable bonds is 4. The molecule has 0 aromatic carbocycles. The fraction of sp³-hybridized carbons (Fsp3) is 0.500. The van der Waals surface area contributed by atoms with E-state index in [-0.39, 0.29) is 5.60 Å². The van der Waals surface area contributed by atoms with Crippen molar-refractivity contribution in [3.63, 3.8) is 0 Å². The normalized spacial score (nSPS) is 34.7. The van der Waals surface area contributed by atoms with Gasteiger partial charge in [-0.2, -0.15) is 0 Å². The molecule has 76 valence electrons. The van der Waals surface area contributed by atoms with Crippen molar-refractivity contribution < 1.29 is 4.43 Å². The van der Waals surface area contributed by atoms with Crippen LogP contribution in [0.2, 0.25) is 0 Å². The molecule has 14 heavy (non-hydrogen) atoms. The highest BCUT2D eigenvalue weighted by molar-refractivity contribution is 6.63. The van der Waals surface area contributed by atoms with Crippen LogP contribution in [-0.4, -0.2) is 14.6 Å². The van der Waals surface area contributed by atoms with Gasteiger partial charge >= 0.3 is 0 Å². The van der Waals surface area contributed by atoms with Crippen LogP contribution < -0.4 is 0 Å². The van der Waals surface area contributed by atoms with Crippen molar-refractivity contribution >= 4 is 9.04 Å². The van der Waals surface area contributed by atoms with Crippen molar-refractivity contribution in [2.24, 2.45) is 5.92 Å². The summed E-state index contributed by atoms with van der Waals surface area (Å²) in [4.78, 5) is 0. The molecule has 0 heterocycles. The fourth-order valence-corrected chi connectivity index (χ4v) is 4.01. The summed E-state index contributed by atoms with van der Waals surface area (Å²) < 4.78 is 6.23. The van der Waals surface area contributed by atoms with Gasteiger partial charge in [-0.3, -0.25) is 0 Å². The van der Waals surface area contributed by atoms with Gasteiger partial charge in [-0.15, -0.1) is 13.2 Å². The van der Waals surface area contributed by atoms with Gasteiger partial charge in [0.1, 0.15) is 0 Å². The maximum Gasteiger partial charge on any atom is 0.225 e. The molecule has 0 N–H and O–H groups in total. The molecule has 1 saturated carbocycles. The highest BCUT2D eigenvalue weighted by atomic mass is 28.3. The summed E-state index contributed by atoms with van der Waals surface area (Å²) in [6.45, 7) is 9.85. The summed E-state index contributed by atoms with van der Waals surface area (Å²) >= 11 is 0. The molecule has 0 aromatic heterocycles. The molecular formula is C12H18OSi. The van der Waals surface area contributed by atoms with Crippen LogP contribution in [0.15, 0.2) is 36.2 Å². The predicted molar refractivity (Wildman–Crippen MR) is 62.5 cm³/mol. The third-order valence-electron chi connectivity index (χ3n) is 3.54. The Bertz CT molecular complexity index is 287. The number of hydrogen-bond donors (Lipinski definition) is 0. The van der Waals surface area contributed by atoms with Crippen LogP contribution in [0.25, 0.3) is 0 Å². The van der Waals surface area contributed by atoms with Crippen LogP contribution in [0.1, 0.15) is 26.2 Å². The van der Waals surface area contributed by atoms with Crippen molar-refractivity contribution in [3.8, 4) is 0 Å². The van der Waals surface area contributed by atoms with Crippen LogP contribution in [0.5, 0.6) is 0 Å². The molecule has 2 atom stereocenters. The van der Waals surface area contributed by atoms with E-state index in [1.54, 1.807) is 0 Å². The topological polar surface area (TPSA) is 9.23 Å². The third-order valence-corrected chi connectivity index (χ3v) is 5.19. The minimum Gasteiger partial charge on any atom is -0.403 e. The Morgan fingerprint density at radius 2 is 2.29 bits per heavy atom. The zero-order valence-corrected chi connectivity index (χ0v) is 9.99. The van der Waals surface area contributed by atoms with Gasteiger partial charge in [0.15, 0.2) is 0 Å². The maximum absolute atomic E-state index is 6.23. The summed E-state index contributed by atoms with van der Waals surface area (Å²) in [7, 11) is -1.35. The fourth-order valence-electron chi connectivity index (χ4n) is 2.70. The second-order valence-electron chi connectivity index (χ2n) is 4.40. The minimum atomic E-state index is -1.35. The summed E-state index contributed by atoms with van der Waals surface area (Å²) in [5, 5.41) is 0. The van der Waals surface area contributed by atoms with Gasteiger partial charge in [-0.05, 0) is 37.7 Å². The molecule has 0 radical (unpaired) electrons. The Hall–Kier alpha value is -0.603. The maximum atomic E-state index is 6.23.